The van der Waals surface area contributed by atoms with Crippen LogP contribution in [0, 0.1) is 5.82 Å². The minimum absolute atomic E-state index is 0.241. The maximum Gasteiger partial charge on any atom is 0.346 e. The Bertz CT molecular complexity index is 1150. The molecule has 3 aromatic rings. The lowest BCUT2D eigenvalue weighted by atomic mass is 10.2. The van der Waals surface area contributed by atoms with Crippen molar-refractivity contribution in [2.45, 2.75) is 5.75 Å². The monoisotopic (exact) mass is 446 g/mol. The van der Waals surface area contributed by atoms with E-state index in [1.54, 1.807) is 6.26 Å². The van der Waals surface area contributed by atoms with Crippen LogP contribution in [0.4, 0.5) is 20.8 Å². The first kappa shape index (κ1) is 22.2. The third-order valence-corrected chi connectivity index (χ3v) is 5.74. The predicted molar refractivity (Wildman–Crippen MR) is 119 cm³/mol. The summed E-state index contributed by atoms with van der Waals surface area (Å²) >= 11 is 0. The molecule has 0 aliphatic carbocycles. The van der Waals surface area contributed by atoms with Gasteiger partial charge in [-0.25, -0.2) is 19.2 Å². The minimum atomic E-state index is -2.80. The number of ether oxygens (including phenoxy) is 1. The quantitative estimate of drug-likeness (QED) is 0.428. The number of carbonyl (C=O) groups excluding carboxylic acids is 1. The molecule has 3 rings (SSSR count). The van der Waals surface area contributed by atoms with Gasteiger partial charge in [-0.1, -0.05) is 22.2 Å². The molecule has 3 N–H and O–H groups in total. The lowest BCUT2D eigenvalue weighted by Gasteiger charge is -2.18. The number of anilines is 2. The second-order valence-electron chi connectivity index (χ2n) is 6.70. The topological polar surface area (TPSA) is 122 Å². The molecule has 164 valence electrons. The molecule has 0 spiro atoms. The van der Waals surface area contributed by atoms with E-state index in [4.69, 9.17) is 4.74 Å². The van der Waals surface area contributed by atoms with Gasteiger partial charge in [-0.3, -0.25) is 0 Å². The van der Waals surface area contributed by atoms with Gasteiger partial charge < -0.3 is 19.9 Å². The van der Waals surface area contributed by atoms with Crippen LogP contribution < -0.4 is 15.4 Å². The van der Waals surface area contributed by atoms with E-state index in [1.807, 2.05) is 24.3 Å². The molecule has 1 aromatic heterocycles. The number of halogens is 1. The smallest absolute Gasteiger partial charge is 0.346 e. The van der Waals surface area contributed by atoms with E-state index in [0.29, 0.717) is 22.8 Å². The Labute approximate surface area is 180 Å². The number of hydrogen-bond acceptors (Lipinski definition) is 6. The van der Waals surface area contributed by atoms with Crippen molar-refractivity contribution in [2.75, 3.05) is 25.7 Å². The van der Waals surface area contributed by atoms with E-state index in [9.17, 15) is 13.7 Å². The Morgan fingerprint density at radius 3 is 2.81 bits per heavy atom. The van der Waals surface area contributed by atoms with Gasteiger partial charge in [0.1, 0.15) is 17.9 Å². The highest BCUT2D eigenvalue weighted by molar-refractivity contribution is 7.98. The Kier molecular flexibility index (Phi) is 6.88. The summed E-state index contributed by atoms with van der Waals surface area (Å²) < 4.78 is 33.0. The zero-order valence-corrected chi connectivity index (χ0v) is 18.1. The molecule has 0 aliphatic rings. The normalized spacial score (nSPS) is 11.5. The van der Waals surface area contributed by atoms with Crippen LogP contribution in [0.1, 0.15) is 5.56 Å². The zero-order chi connectivity index (χ0) is 22.4. The molecule has 9 nitrogen and oxygen atoms in total. The molecule has 0 aliphatic heterocycles. The molecule has 0 saturated heterocycles. The molecule has 2 amide bonds. The summed E-state index contributed by atoms with van der Waals surface area (Å²) in [6, 6.07) is 10.8. The molecule has 0 radical (unpaired) electrons. The van der Waals surface area contributed by atoms with Crippen LogP contribution in [0.5, 0.6) is 5.75 Å². The number of nitrogens with zero attached hydrogens (tertiary/aromatic N) is 4. The Balaban J connectivity index is 1.83. The highest BCUT2D eigenvalue weighted by atomic mass is 32.3. The summed E-state index contributed by atoms with van der Waals surface area (Å²) in [5.74, 6) is 0.733. The number of benzene rings is 2. The summed E-state index contributed by atoms with van der Waals surface area (Å²) in [5, 5.41) is 5.46. The van der Waals surface area contributed by atoms with Crippen molar-refractivity contribution in [3.05, 3.63) is 60.2 Å². The van der Waals surface area contributed by atoms with E-state index in [-0.39, 0.29) is 11.7 Å². The Hall–Kier alpha value is -3.44. The van der Waals surface area contributed by atoms with Gasteiger partial charge in [0, 0.05) is 24.6 Å². The maximum atomic E-state index is 13.5. The van der Waals surface area contributed by atoms with Gasteiger partial charge in [0.2, 0.25) is 5.95 Å². The molecule has 0 atom stereocenters. The molecule has 0 unspecified atom stereocenters. The highest BCUT2D eigenvalue weighted by Gasteiger charge is 2.12. The third-order valence-electron chi connectivity index (χ3n) is 4.16. The van der Waals surface area contributed by atoms with Crippen molar-refractivity contribution in [1.29, 1.82) is 0 Å². The van der Waals surface area contributed by atoms with E-state index in [1.165, 1.54) is 38.7 Å². The van der Waals surface area contributed by atoms with Crippen LogP contribution in [0.15, 0.2) is 53.2 Å². The highest BCUT2D eigenvalue weighted by Crippen LogP contribution is 2.28. The summed E-state index contributed by atoms with van der Waals surface area (Å²) in [6.07, 6.45) is 2.91. The number of urea groups is 1. The SMILES string of the molecule is CNC(=O)N=[SH](C)(O)Cc1cccc(Nc2ncnc(-c3ccc(F)cc3OC)n2)c1. The Morgan fingerprint density at radius 1 is 1.26 bits per heavy atom. The number of methoxy groups -OCH3 is 1. The Morgan fingerprint density at radius 2 is 2.06 bits per heavy atom. The average molecular weight is 447 g/mol. The molecular formula is C20H23FN6O3S. The lowest BCUT2D eigenvalue weighted by Crippen LogP contribution is -2.19. The molecule has 1 heterocycles. The van der Waals surface area contributed by atoms with Gasteiger partial charge >= 0.3 is 6.03 Å². The van der Waals surface area contributed by atoms with Crippen molar-refractivity contribution < 1.29 is 18.5 Å². The van der Waals surface area contributed by atoms with E-state index >= 15 is 0 Å². The predicted octanol–water partition coefficient (Wildman–Crippen LogP) is 3.44. The summed E-state index contributed by atoms with van der Waals surface area (Å²) in [5.41, 5.74) is 2.01. The molecule has 11 heteroatoms. The fraction of sp³-hybridized carbons (Fsp3) is 0.200. The molecule has 31 heavy (non-hydrogen) atoms. The molecular weight excluding hydrogens is 423 g/mol. The van der Waals surface area contributed by atoms with E-state index < -0.39 is 22.0 Å². The van der Waals surface area contributed by atoms with Crippen LogP contribution in [-0.4, -0.2) is 45.9 Å². The minimum Gasteiger partial charge on any atom is -0.496 e. The first-order chi connectivity index (χ1) is 14.8. The average Bonchev–Trinajstić information content (AvgIpc) is 2.73. The zero-order valence-electron chi connectivity index (χ0n) is 17.2. The van der Waals surface area contributed by atoms with Crippen LogP contribution in [0.3, 0.4) is 0 Å². The first-order valence-corrected chi connectivity index (χ1v) is 11.5. The number of rotatable bonds is 6. The molecule has 0 saturated carbocycles. The van der Waals surface area contributed by atoms with Crippen molar-refractivity contribution in [1.82, 2.24) is 20.3 Å². The largest absolute Gasteiger partial charge is 0.496 e. The second-order valence-corrected chi connectivity index (χ2v) is 9.40. The number of carbonyl (C=O) groups is 1. The van der Waals surface area contributed by atoms with Crippen molar-refractivity contribution in [3.63, 3.8) is 0 Å². The van der Waals surface area contributed by atoms with Gasteiger partial charge in [0.15, 0.2) is 5.82 Å². The summed E-state index contributed by atoms with van der Waals surface area (Å²) in [7, 11) is 0.101. The van der Waals surface area contributed by atoms with Gasteiger partial charge in [0.05, 0.1) is 12.7 Å². The van der Waals surface area contributed by atoms with Crippen molar-refractivity contribution in [3.8, 4) is 17.1 Å². The maximum absolute atomic E-state index is 13.5. The number of aromatic nitrogens is 3. The number of nitrogens with one attached hydrogen (secondary N) is 2. The standard InChI is InChI=1S/C20H23FN6O3S/c1-22-20(28)27-31(3,29)11-13-5-4-6-15(9-13)25-19-24-12-23-18(26-19)16-8-7-14(21)10-17(16)30-2/h4-10,12,31H,11H2,1-3H3,(H2,22,27,28,29)(H,23,24,25,26). The van der Waals surface area contributed by atoms with Gasteiger partial charge in [-0.05, 0) is 36.1 Å². The summed E-state index contributed by atoms with van der Waals surface area (Å²) in [4.78, 5) is 24.1. The number of amides is 2. The number of hydrogen-bond donors (Lipinski definition) is 4. The van der Waals surface area contributed by atoms with Crippen molar-refractivity contribution in [2.24, 2.45) is 4.36 Å². The summed E-state index contributed by atoms with van der Waals surface area (Å²) in [6.45, 7) is 0. The second kappa shape index (κ2) is 9.58. The fourth-order valence-electron chi connectivity index (χ4n) is 2.84. The van der Waals surface area contributed by atoms with E-state index in [2.05, 4.69) is 29.9 Å². The molecule has 2 aromatic carbocycles. The number of thiol groups is 1. The first-order valence-electron chi connectivity index (χ1n) is 9.22. The van der Waals surface area contributed by atoms with Gasteiger partial charge in [-0.2, -0.15) is 9.35 Å². The molecule has 0 bridgehead atoms. The fourth-order valence-corrected chi connectivity index (χ4v) is 4.29. The molecule has 0 fully saturated rings. The van der Waals surface area contributed by atoms with Crippen LogP contribution >= 0.6 is 0 Å². The van der Waals surface area contributed by atoms with Crippen LogP contribution in [0.2, 0.25) is 0 Å². The third kappa shape index (κ3) is 6.03. The van der Waals surface area contributed by atoms with Crippen LogP contribution in [-0.2, 0) is 15.9 Å². The van der Waals surface area contributed by atoms with Crippen molar-refractivity contribution >= 4 is 27.8 Å². The van der Waals surface area contributed by atoms with Crippen LogP contribution in [0.25, 0.3) is 11.4 Å². The van der Waals surface area contributed by atoms with E-state index in [0.717, 1.165) is 5.56 Å². The lowest BCUT2D eigenvalue weighted by molar-refractivity contribution is 0.251. The van der Waals surface area contributed by atoms with Gasteiger partial charge in [-0.15, -0.1) is 0 Å². The van der Waals surface area contributed by atoms with Gasteiger partial charge in [0.25, 0.3) is 0 Å².